The van der Waals surface area contributed by atoms with E-state index in [2.05, 4.69) is 5.32 Å². The van der Waals surface area contributed by atoms with Crippen molar-refractivity contribution in [3.05, 3.63) is 27.7 Å². The summed E-state index contributed by atoms with van der Waals surface area (Å²) in [7, 11) is 1.57. The van der Waals surface area contributed by atoms with Crippen LogP contribution in [0, 0.1) is 0 Å². The summed E-state index contributed by atoms with van der Waals surface area (Å²) in [6.45, 7) is 0.656. The lowest BCUT2D eigenvalue weighted by Crippen LogP contribution is -2.28. The van der Waals surface area contributed by atoms with Crippen molar-refractivity contribution < 1.29 is 4.79 Å². The lowest BCUT2D eigenvalue weighted by molar-refractivity contribution is 0.0961. The third-order valence-electron chi connectivity index (χ3n) is 2.70. The Balaban J connectivity index is 2.67. The first-order valence-corrected chi connectivity index (χ1v) is 4.89. The summed E-state index contributed by atoms with van der Waals surface area (Å²) in [6.07, 6.45) is 1.65. The Morgan fingerprint density at radius 1 is 1.60 bits per heavy atom. The molecule has 0 saturated carbocycles. The van der Waals surface area contributed by atoms with Crippen LogP contribution in [0.5, 0.6) is 0 Å². The van der Waals surface area contributed by atoms with E-state index in [1.54, 1.807) is 11.6 Å². The van der Waals surface area contributed by atoms with E-state index in [4.69, 9.17) is 5.73 Å². The van der Waals surface area contributed by atoms with E-state index >= 15 is 0 Å². The van der Waals surface area contributed by atoms with Gasteiger partial charge in [-0.3, -0.25) is 9.59 Å². The van der Waals surface area contributed by atoms with Gasteiger partial charge in [-0.15, -0.1) is 0 Å². The highest BCUT2D eigenvalue weighted by molar-refractivity contribution is 5.96. The van der Waals surface area contributed by atoms with Gasteiger partial charge >= 0.3 is 0 Å². The number of rotatable bonds is 1. The van der Waals surface area contributed by atoms with E-state index in [1.807, 2.05) is 0 Å². The Hall–Kier alpha value is -1.78. The number of nitrogens with two attached hydrogens (primary N) is 1. The monoisotopic (exact) mass is 207 g/mol. The van der Waals surface area contributed by atoms with Crippen LogP contribution in [0.1, 0.15) is 22.5 Å². The minimum atomic E-state index is -0.188. The number of amides is 1. The van der Waals surface area contributed by atoms with E-state index in [0.29, 0.717) is 12.1 Å². The molecule has 0 unspecified atom stereocenters. The summed E-state index contributed by atoms with van der Waals surface area (Å²) in [5.74, 6) is -0.188. The lowest BCUT2D eigenvalue weighted by Gasteiger charge is -2.09. The van der Waals surface area contributed by atoms with Crippen LogP contribution in [0.2, 0.25) is 0 Å². The zero-order chi connectivity index (χ0) is 11.0. The number of pyridine rings is 1. The molecule has 80 valence electrons. The van der Waals surface area contributed by atoms with Gasteiger partial charge in [-0.05, 0) is 18.9 Å². The summed E-state index contributed by atoms with van der Waals surface area (Å²) in [6, 6.07) is 1.47. The first-order chi connectivity index (χ1) is 7.15. The molecule has 0 bridgehead atoms. The molecule has 5 heteroatoms. The van der Waals surface area contributed by atoms with Crippen molar-refractivity contribution in [2.45, 2.75) is 19.4 Å². The van der Waals surface area contributed by atoms with Crippen LogP contribution < -0.4 is 16.6 Å². The number of carbonyl (C=O) groups excluding carboxylic acids is 1. The summed E-state index contributed by atoms with van der Waals surface area (Å²) in [5, 5.41) is 2.55. The number of hydrogen-bond donors (Lipinski definition) is 2. The van der Waals surface area contributed by atoms with Crippen LogP contribution in [-0.2, 0) is 13.0 Å². The number of nitrogens with zero attached hydrogens (tertiary/aromatic N) is 1. The number of nitrogen functional groups attached to an aromatic ring is 1. The Kier molecular flexibility index (Phi) is 2.22. The third-order valence-corrected chi connectivity index (χ3v) is 2.70. The number of nitrogens with one attached hydrogen (secondary N) is 1. The molecule has 0 saturated heterocycles. The predicted octanol–water partition coefficient (Wildman–Crippen LogP) is -0.264. The Morgan fingerprint density at radius 3 is 3.00 bits per heavy atom. The van der Waals surface area contributed by atoms with Crippen molar-refractivity contribution in [3.63, 3.8) is 0 Å². The van der Waals surface area contributed by atoms with Gasteiger partial charge in [-0.25, -0.2) is 0 Å². The minimum Gasteiger partial charge on any atom is -0.394 e. The fourth-order valence-electron chi connectivity index (χ4n) is 1.97. The van der Waals surface area contributed by atoms with Crippen LogP contribution >= 0.6 is 0 Å². The highest BCUT2D eigenvalue weighted by Crippen LogP contribution is 2.18. The molecule has 1 aromatic rings. The quantitative estimate of drug-likeness (QED) is 0.665. The van der Waals surface area contributed by atoms with Crippen molar-refractivity contribution in [1.29, 1.82) is 0 Å². The second-order valence-corrected chi connectivity index (χ2v) is 3.60. The fourth-order valence-corrected chi connectivity index (χ4v) is 1.97. The topological polar surface area (TPSA) is 77.1 Å². The molecule has 1 aliphatic heterocycles. The van der Waals surface area contributed by atoms with Gasteiger partial charge < -0.3 is 15.6 Å². The minimum absolute atomic E-state index is 0.138. The first kappa shape index (κ1) is 9.76. The number of hydrogen-bond acceptors (Lipinski definition) is 3. The van der Waals surface area contributed by atoms with Gasteiger partial charge in [0.05, 0.1) is 11.3 Å². The molecular weight excluding hydrogens is 194 g/mol. The normalized spacial score (nSPS) is 13.7. The molecule has 3 N–H and O–H groups in total. The fraction of sp³-hybridized carbons (Fsp3) is 0.400. The maximum atomic E-state index is 11.6. The second-order valence-electron chi connectivity index (χ2n) is 3.60. The summed E-state index contributed by atoms with van der Waals surface area (Å²) in [4.78, 5) is 23.2. The number of carbonyl (C=O) groups is 1. The standard InChI is InChI=1S/C10H13N3O2/c1-12-9(14)6-5-7(11)10(15)13-4-2-3-8(6)13/h5H,2-4,11H2,1H3,(H,12,14). The number of fused-ring (bicyclic) bond motifs is 1. The van der Waals surface area contributed by atoms with Crippen LogP contribution in [-0.4, -0.2) is 17.5 Å². The van der Waals surface area contributed by atoms with Gasteiger partial charge in [0.2, 0.25) is 0 Å². The van der Waals surface area contributed by atoms with Crippen LogP contribution in [0.25, 0.3) is 0 Å². The maximum absolute atomic E-state index is 11.6. The van der Waals surface area contributed by atoms with Crippen LogP contribution in [0.3, 0.4) is 0 Å². The summed E-state index contributed by atoms with van der Waals surface area (Å²) < 4.78 is 1.60. The van der Waals surface area contributed by atoms with Crippen molar-refractivity contribution in [3.8, 4) is 0 Å². The highest BCUT2D eigenvalue weighted by Gasteiger charge is 2.21. The molecule has 0 radical (unpaired) electrons. The molecule has 0 fully saturated rings. The van der Waals surface area contributed by atoms with E-state index in [0.717, 1.165) is 18.5 Å². The van der Waals surface area contributed by atoms with E-state index < -0.39 is 0 Å². The van der Waals surface area contributed by atoms with Gasteiger partial charge in [-0.2, -0.15) is 0 Å². The Labute approximate surface area is 86.9 Å². The largest absolute Gasteiger partial charge is 0.394 e. The van der Waals surface area contributed by atoms with Gasteiger partial charge in [0, 0.05) is 19.3 Å². The zero-order valence-corrected chi connectivity index (χ0v) is 8.54. The van der Waals surface area contributed by atoms with E-state index in [9.17, 15) is 9.59 Å². The second kappa shape index (κ2) is 3.42. The Bertz CT molecular complexity index is 476. The predicted molar refractivity (Wildman–Crippen MR) is 56.8 cm³/mol. The molecule has 0 atom stereocenters. The van der Waals surface area contributed by atoms with Crippen molar-refractivity contribution >= 4 is 11.6 Å². The van der Waals surface area contributed by atoms with Gasteiger partial charge in [-0.1, -0.05) is 0 Å². The Morgan fingerprint density at radius 2 is 2.33 bits per heavy atom. The van der Waals surface area contributed by atoms with Crippen molar-refractivity contribution in [2.75, 3.05) is 12.8 Å². The first-order valence-electron chi connectivity index (χ1n) is 4.89. The smallest absolute Gasteiger partial charge is 0.273 e. The summed E-state index contributed by atoms with van der Waals surface area (Å²) in [5.41, 5.74) is 6.85. The molecule has 5 nitrogen and oxygen atoms in total. The van der Waals surface area contributed by atoms with Crippen LogP contribution in [0.15, 0.2) is 10.9 Å². The molecule has 1 amide bonds. The van der Waals surface area contributed by atoms with Crippen LogP contribution in [0.4, 0.5) is 5.69 Å². The van der Waals surface area contributed by atoms with Crippen molar-refractivity contribution in [2.24, 2.45) is 0 Å². The average molecular weight is 207 g/mol. The van der Waals surface area contributed by atoms with E-state index in [-0.39, 0.29) is 17.2 Å². The molecule has 2 rings (SSSR count). The molecule has 1 aromatic heterocycles. The molecule has 1 aliphatic rings. The molecule has 0 aromatic carbocycles. The number of aromatic nitrogens is 1. The molecule has 15 heavy (non-hydrogen) atoms. The highest BCUT2D eigenvalue weighted by atomic mass is 16.2. The van der Waals surface area contributed by atoms with Crippen molar-refractivity contribution in [1.82, 2.24) is 9.88 Å². The lowest BCUT2D eigenvalue weighted by atomic mass is 10.1. The molecule has 0 spiro atoms. The molecular formula is C10H13N3O2. The maximum Gasteiger partial charge on any atom is 0.273 e. The zero-order valence-electron chi connectivity index (χ0n) is 8.54. The summed E-state index contributed by atoms with van der Waals surface area (Å²) >= 11 is 0. The van der Waals surface area contributed by atoms with Gasteiger partial charge in [0.25, 0.3) is 11.5 Å². The van der Waals surface area contributed by atoms with E-state index in [1.165, 1.54) is 6.07 Å². The SMILES string of the molecule is CNC(=O)c1cc(N)c(=O)n2c1CCC2. The number of anilines is 1. The average Bonchev–Trinajstić information content (AvgIpc) is 2.71. The molecule has 0 aliphatic carbocycles. The van der Waals surface area contributed by atoms with Gasteiger partial charge in [0.1, 0.15) is 0 Å². The van der Waals surface area contributed by atoms with Gasteiger partial charge in [0.15, 0.2) is 0 Å². The third kappa shape index (κ3) is 1.40. The molecule has 2 heterocycles.